The van der Waals surface area contributed by atoms with Gasteiger partial charge in [-0.05, 0) is 31.6 Å². The van der Waals surface area contributed by atoms with Crippen LogP contribution in [0.3, 0.4) is 0 Å². The van der Waals surface area contributed by atoms with E-state index < -0.39 is 15.6 Å². The van der Waals surface area contributed by atoms with E-state index in [0.717, 1.165) is 37.1 Å². The molecule has 2 unspecified atom stereocenters. The number of hydrogen-bond donors (Lipinski definition) is 1. The number of thiazole rings is 1. The summed E-state index contributed by atoms with van der Waals surface area (Å²) in [6.45, 7) is 4.18. The van der Waals surface area contributed by atoms with Crippen LogP contribution in [0, 0.1) is 5.92 Å². The third-order valence-electron chi connectivity index (χ3n) is 4.24. The van der Waals surface area contributed by atoms with Crippen molar-refractivity contribution < 1.29 is 13.2 Å². The summed E-state index contributed by atoms with van der Waals surface area (Å²) in [5.41, 5.74) is 0.553. The number of sulfone groups is 1. The molecule has 1 amide bonds. The van der Waals surface area contributed by atoms with Crippen molar-refractivity contribution in [1.82, 2.24) is 10.3 Å². The molecule has 2 rings (SSSR count). The zero-order valence-electron chi connectivity index (χ0n) is 13.9. The second-order valence-electron chi connectivity index (χ2n) is 6.45. The van der Waals surface area contributed by atoms with E-state index in [1.54, 1.807) is 5.38 Å². The number of aromatic nitrogens is 1. The number of nitrogens with zero attached hydrogens (tertiary/aromatic N) is 1. The lowest BCUT2D eigenvalue weighted by atomic mass is 9.86. The van der Waals surface area contributed by atoms with Gasteiger partial charge in [0.1, 0.15) is 5.75 Å². The third kappa shape index (κ3) is 5.88. The Labute approximate surface area is 142 Å². The minimum Gasteiger partial charge on any atom is -0.352 e. The van der Waals surface area contributed by atoms with Crippen molar-refractivity contribution in [2.24, 2.45) is 5.92 Å². The highest BCUT2D eigenvalue weighted by atomic mass is 32.2. The summed E-state index contributed by atoms with van der Waals surface area (Å²) in [4.78, 5) is 16.4. The highest BCUT2D eigenvalue weighted by molar-refractivity contribution is 7.91. The Morgan fingerprint density at radius 3 is 2.83 bits per heavy atom. The lowest BCUT2D eigenvalue weighted by molar-refractivity contribution is -0.119. The summed E-state index contributed by atoms with van der Waals surface area (Å²) >= 11 is 1.49. The molecule has 1 aliphatic carbocycles. The zero-order valence-corrected chi connectivity index (χ0v) is 15.5. The van der Waals surface area contributed by atoms with Crippen molar-refractivity contribution >= 4 is 27.1 Å². The first-order valence-corrected chi connectivity index (χ1v) is 11.0. The average Bonchev–Trinajstić information content (AvgIpc) is 2.87. The van der Waals surface area contributed by atoms with Crippen molar-refractivity contribution in [2.75, 3.05) is 5.75 Å². The fourth-order valence-corrected chi connectivity index (χ4v) is 5.19. The van der Waals surface area contributed by atoms with Crippen LogP contribution in [0.15, 0.2) is 5.38 Å². The van der Waals surface area contributed by atoms with Crippen molar-refractivity contribution in [2.45, 2.75) is 64.2 Å². The highest BCUT2D eigenvalue weighted by Crippen LogP contribution is 2.23. The predicted octanol–water partition coefficient (Wildman–Crippen LogP) is 2.71. The fraction of sp³-hybridized carbons (Fsp3) is 0.750. The number of hydrogen-bond acceptors (Lipinski definition) is 5. The second-order valence-corrected chi connectivity index (χ2v) is 9.46. The van der Waals surface area contributed by atoms with Gasteiger partial charge in [-0.2, -0.15) is 0 Å². The predicted molar refractivity (Wildman–Crippen MR) is 93.2 cm³/mol. The van der Waals surface area contributed by atoms with E-state index in [4.69, 9.17) is 0 Å². The SMILES string of the molecule is CCCc1nc(CS(=O)(=O)CC(=O)NC2CCCCC2C)cs1. The molecule has 7 heteroatoms. The van der Waals surface area contributed by atoms with E-state index in [-0.39, 0.29) is 17.7 Å². The molecule has 0 aromatic carbocycles. The van der Waals surface area contributed by atoms with Crippen molar-refractivity contribution in [3.8, 4) is 0 Å². The summed E-state index contributed by atoms with van der Waals surface area (Å²) in [6.07, 6.45) is 6.18. The van der Waals surface area contributed by atoms with Crippen LogP contribution in [0.4, 0.5) is 0 Å². The fourth-order valence-electron chi connectivity index (χ4n) is 3.00. The normalized spacial score (nSPS) is 22.0. The molecule has 0 bridgehead atoms. The first-order valence-electron chi connectivity index (χ1n) is 8.32. The standard InChI is InChI=1S/C16H26N2O3S2/c1-3-6-16-17-13(9-22-16)10-23(20,21)11-15(19)18-14-8-5-4-7-12(14)2/h9,12,14H,3-8,10-11H2,1-2H3,(H,18,19). The Morgan fingerprint density at radius 1 is 1.39 bits per heavy atom. The van der Waals surface area contributed by atoms with Crippen LogP contribution < -0.4 is 5.32 Å². The van der Waals surface area contributed by atoms with E-state index in [9.17, 15) is 13.2 Å². The Morgan fingerprint density at radius 2 is 2.13 bits per heavy atom. The van der Waals surface area contributed by atoms with Crippen LogP contribution in [-0.4, -0.2) is 31.1 Å². The van der Waals surface area contributed by atoms with Crippen LogP contribution in [-0.2, 0) is 26.8 Å². The first-order chi connectivity index (χ1) is 10.9. The molecule has 1 aromatic rings. The number of carbonyl (C=O) groups excluding carboxylic acids is 1. The Bertz CT molecular complexity index is 625. The molecule has 1 aliphatic rings. The van der Waals surface area contributed by atoms with Gasteiger partial charge in [-0.25, -0.2) is 13.4 Å². The summed E-state index contributed by atoms with van der Waals surface area (Å²) in [6, 6.07) is 0.113. The number of nitrogens with one attached hydrogen (secondary N) is 1. The molecule has 0 saturated heterocycles. The Hall–Kier alpha value is -0.950. The zero-order chi connectivity index (χ0) is 16.9. The molecule has 130 valence electrons. The third-order valence-corrected chi connectivity index (χ3v) is 6.63. The summed E-state index contributed by atoms with van der Waals surface area (Å²) in [5, 5.41) is 5.64. The van der Waals surface area contributed by atoms with Crippen LogP contribution >= 0.6 is 11.3 Å². The summed E-state index contributed by atoms with van der Waals surface area (Å²) < 4.78 is 24.4. The van der Waals surface area contributed by atoms with Gasteiger partial charge in [0.25, 0.3) is 0 Å². The largest absolute Gasteiger partial charge is 0.352 e. The van der Waals surface area contributed by atoms with Crippen molar-refractivity contribution in [3.05, 3.63) is 16.1 Å². The summed E-state index contributed by atoms with van der Waals surface area (Å²) in [5.74, 6) is -0.559. The molecule has 0 aliphatic heterocycles. The molecule has 1 heterocycles. The number of aryl methyl sites for hydroxylation is 1. The van der Waals surface area contributed by atoms with Crippen molar-refractivity contribution in [1.29, 1.82) is 0 Å². The molecule has 1 aromatic heterocycles. The van der Waals surface area contributed by atoms with E-state index in [1.165, 1.54) is 17.8 Å². The van der Waals surface area contributed by atoms with Gasteiger partial charge >= 0.3 is 0 Å². The highest BCUT2D eigenvalue weighted by Gasteiger charge is 2.25. The van der Waals surface area contributed by atoms with Gasteiger partial charge in [0.2, 0.25) is 5.91 Å². The monoisotopic (exact) mass is 358 g/mol. The van der Waals surface area contributed by atoms with E-state index in [2.05, 4.69) is 24.1 Å². The maximum Gasteiger partial charge on any atom is 0.235 e. The first kappa shape index (κ1) is 18.4. The van der Waals surface area contributed by atoms with Gasteiger partial charge in [-0.1, -0.05) is 26.7 Å². The van der Waals surface area contributed by atoms with E-state index in [1.807, 2.05) is 0 Å². The minimum atomic E-state index is -3.47. The lowest BCUT2D eigenvalue weighted by Gasteiger charge is -2.29. The van der Waals surface area contributed by atoms with Gasteiger partial charge in [-0.15, -0.1) is 11.3 Å². The molecule has 5 nitrogen and oxygen atoms in total. The van der Waals surface area contributed by atoms with E-state index in [0.29, 0.717) is 11.6 Å². The van der Waals surface area contributed by atoms with Gasteiger partial charge in [0, 0.05) is 11.4 Å². The van der Waals surface area contributed by atoms with Crippen molar-refractivity contribution in [3.63, 3.8) is 0 Å². The van der Waals surface area contributed by atoms with Gasteiger partial charge in [0.15, 0.2) is 9.84 Å². The lowest BCUT2D eigenvalue weighted by Crippen LogP contribution is -2.43. The van der Waals surface area contributed by atoms with Crippen LogP contribution in [0.1, 0.15) is 56.7 Å². The van der Waals surface area contributed by atoms with Gasteiger partial charge in [-0.3, -0.25) is 4.79 Å². The molecule has 23 heavy (non-hydrogen) atoms. The molecule has 1 fully saturated rings. The number of amides is 1. The number of carbonyl (C=O) groups is 1. The van der Waals surface area contributed by atoms with Crippen LogP contribution in [0.2, 0.25) is 0 Å². The van der Waals surface area contributed by atoms with Crippen LogP contribution in [0.25, 0.3) is 0 Å². The molecular weight excluding hydrogens is 332 g/mol. The smallest absolute Gasteiger partial charge is 0.235 e. The summed E-state index contributed by atoms with van der Waals surface area (Å²) in [7, 11) is -3.47. The maximum absolute atomic E-state index is 12.2. The number of rotatable bonds is 7. The molecule has 2 atom stereocenters. The van der Waals surface area contributed by atoms with Crippen LogP contribution in [0.5, 0.6) is 0 Å². The molecule has 0 spiro atoms. The average molecular weight is 359 g/mol. The quantitative estimate of drug-likeness (QED) is 0.813. The molecular formula is C16H26N2O3S2. The maximum atomic E-state index is 12.2. The second kappa shape index (κ2) is 8.24. The van der Waals surface area contributed by atoms with Gasteiger partial charge < -0.3 is 5.32 Å². The molecule has 1 N–H and O–H groups in total. The minimum absolute atomic E-state index is 0.113. The molecule has 0 radical (unpaired) electrons. The topological polar surface area (TPSA) is 76.1 Å². The Kier molecular flexibility index (Phi) is 6.59. The Balaban J connectivity index is 1.87. The van der Waals surface area contributed by atoms with Gasteiger partial charge in [0.05, 0.1) is 16.5 Å². The van der Waals surface area contributed by atoms with E-state index >= 15 is 0 Å². The molecule has 1 saturated carbocycles.